The molecule has 29 heavy (non-hydrogen) atoms. The van der Waals surface area contributed by atoms with Crippen molar-refractivity contribution in [3.63, 3.8) is 0 Å². The smallest absolute Gasteiger partial charge is 0.433 e. The molecule has 1 N–H and O–H groups in total. The van der Waals surface area contributed by atoms with E-state index >= 15 is 0 Å². The van der Waals surface area contributed by atoms with Gasteiger partial charge in [0.1, 0.15) is 18.1 Å². The molecule has 10 heteroatoms. The minimum Gasteiger partial charge on any atom is -0.491 e. The van der Waals surface area contributed by atoms with Gasteiger partial charge in [-0.1, -0.05) is 0 Å². The van der Waals surface area contributed by atoms with Crippen LogP contribution in [0.2, 0.25) is 0 Å². The van der Waals surface area contributed by atoms with Gasteiger partial charge >= 0.3 is 6.18 Å². The highest BCUT2D eigenvalue weighted by Gasteiger charge is 2.32. The number of alkyl halides is 3. The van der Waals surface area contributed by atoms with Crippen LogP contribution in [0.15, 0.2) is 55.2 Å². The zero-order valence-electron chi connectivity index (χ0n) is 15.3. The van der Waals surface area contributed by atoms with E-state index in [1.807, 2.05) is 0 Å². The van der Waals surface area contributed by atoms with Crippen LogP contribution in [0.1, 0.15) is 16.1 Å². The average molecular weight is 406 g/mol. The van der Waals surface area contributed by atoms with Crippen molar-refractivity contribution in [2.75, 3.05) is 25.6 Å². The zero-order chi connectivity index (χ0) is 20.9. The molecular formula is C19H17F3N4O3. The summed E-state index contributed by atoms with van der Waals surface area (Å²) >= 11 is 0. The number of halogens is 3. The lowest BCUT2D eigenvalue weighted by molar-refractivity contribution is -0.141. The van der Waals surface area contributed by atoms with Crippen molar-refractivity contribution in [1.82, 2.24) is 14.5 Å². The van der Waals surface area contributed by atoms with Crippen LogP contribution in [0, 0.1) is 0 Å². The highest BCUT2D eigenvalue weighted by atomic mass is 19.4. The summed E-state index contributed by atoms with van der Waals surface area (Å²) in [5.41, 5.74) is -0.0130. The number of pyridine rings is 1. The van der Waals surface area contributed by atoms with Gasteiger partial charge in [0.15, 0.2) is 0 Å². The van der Waals surface area contributed by atoms with Crippen LogP contribution in [0.25, 0.3) is 5.69 Å². The number of aromatic nitrogens is 3. The number of methoxy groups -OCH3 is 1. The number of carbonyl (C=O) groups excluding carboxylic acids is 1. The maximum Gasteiger partial charge on any atom is 0.433 e. The molecule has 0 saturated heterocycles. The fourth-order valence-electron chi connectivity index (χ4n) is 2.44. The van der Waals surface area contributed by atoms with Crippen molar-refractivity contribution in [1.29, 1.82) is 0 Å². The summed E-state index contributed by atoms with van der Waals surface area (Å²) in [5.74, 6) is -0.0888. The summed E-state index contributed by atoms with van der Waals surface area (Å²) in [6, 6.07) is 6.81. The number of nitrogens with one attached hydrogen (secondary N) is 1. The third-order valence-electron chi connectivity index (χ3n) is 3.82. The predicted octanol–water partition coefficient (Wildman–Crippen LogP) is 3.56. The van der Waals surface area contributed by atoms with Crippen LogP contribution >= 0.6 is 0 Å². The van der Waals surface area contributed by atoms with E-state index < -0.39 is 17.8 Å². The lowest BCUT2D eigenvalue weighted by atomic mass is 10.1. The highest BCUT2D eigenvalue weighted by molar-refractivity contribution is 6.04. The van der Waals surface area contributed by atoms with Crippen molar-refractivity contribution in [2.24, 2.45) is 0 Å². The fraction of sp³-hybridized carbons (Fsp3) is 0.211. The Labute approximate surface area is 164 Å². The van der Waals surface area contributed by atoms with Gasteiger partial charge in [-0.2, -0.15) is 13.2 Å². The molecule has 152 valence electrons. The summed E-state index contributed by atoms with van der Waals surface area (Å²) in [7, 11) is 1.54. The van der Waals surface area contributed by atoms with Gasteiger partial charge in [-0.3, -0.25) is 4.79 Å². The second-order valence-electron chi connectivity index (χ2n) is 5.91. The van der Waals surface area contributed by atoms with Gasteiger partial charge < -0.3 is 19.4 Å². The Morgan fingerprint density at radius 1 is 1.21 bits per heavy atom. The Morgan fingerprint density at radius 2 is 2.03 bits per heavy atom. The minimum absolute atomic E-state index is 0.137. The molecule has 0 spiro atoms. The Morgan fingerprint density at radius 3 is 2.66 bits per heavy atom. The monoisotopic (exact) mass is 406 g/mol. The van der Waals surface area contributed by atoms with E-state index in [0.29, 0.717) is 18.0 Å². The van der Waals surface area contributed by atoms with Gasteiger partial charge in [-0.15, -0.1) is 0 Å². The molecule has 0 unspecified atom stereocenters. The van der Waals surface area contributed by atoms with Crippen molar-refractivity contribution in [3.8, 4) is 11.4 Å². The molecule has 1 amide bonds. The number of ether oxygens (including phenoxy) is 2. The Balaban J connectivity index is 1.83. The normalized spacial score (nSPS) is 11.3. The molecule has 0 bridgehead atoms. The second-order valence-corrected chi connectivity index (χ2v) is 5.91. The van der Waals surface area contributed by atoms with Gasteiger partial charge in [0.2, 0.25) is 0 Å². The quantitative estimate of drug-likeness (QED) is 0.607. The molecule has 3 aromatic rings. The first-order valence-corrected chi connectivity index (χ1v) is 8.46. The Kier molecular flexibility index (Phi) is 6.13. The first kappa shape index (κ1) is 20.3. The molecule has 0 aliphatic rings. The predicted molar refractivity (Wildman–Crippen MR) is 98.1 cm³/mol. The average Bonchev–Trinajstić information content (AvgIpc) is 3.22. The van der Waals surface area contributed by atoms with Crippen LogP contribution in [0.5, 0.6) is 5.75 Å². The lowest BCUT2D eigenvalue weighted by Gasteiger charge is -2.12. The lowest BCUT2D eigenvalue weighted by Crippen LogP contribution is -2.14. The highest BCUT2D eigenvalue weighted by Crippen LogP contribution is 2.28. The number of carbonyl (C=O) groups is 1. The molecule has 0 aliphatic heterocycles. The topological polar surface area (TPSA) is 78.3 Å². The van der Waals surface area contributed by atoms with Gasteiger partial charge in [-0.25, -0.2) is 9.97 Å². The van der Waals surface area contributed by atoms with E-state index in [1.54, 1.807) is 42.5 Å². The standard InChI is InChI=1S/C19H17F3N4O3/c1-28-6-7-29-16-9-13(8-15(10-16)26-5-4-23-12-26)18(27)25-14-2-3-17(24-11-14)19(20,21)22/h2-5,8-12H,6-7H2,1H3,(H,25,27). The van der Waals surface area contributed by atoms with Gasteiger partial charge in [0.25, 0.3) is 5.91 Å². The second kappa shape index (κ2) is 8.74. The first-order valence-electron chi connectivity index (χ1n) is 8.46. The fourth-order valence-corrected chi connectivity index (χ4v) is 2.44. The third kappa shape index (κ3) is 5.32. The maximum absolute atomic E-state index is 12.6. The van der Waals surface area contributed by atoms with E-state index in [-0.39, 0.29) is 17.9 Å². The van der Waals surface area contributed by atoms with Crippen LogP contribution < -0.4 is 10.1 Å². The largest absolute Gasteiger partial charge is 0.491 e. The number of imidazole rings is 1. The van der Waals surface area contributed by atoms with E-state index in [2.05, 4.69) is 15.3 Å². The number of amides is 1. The molecule has 3 rings (SSSR count). The molecule has 0 saturated carbocycles. The van der Waals surface area contributed by atoms with Gasteiger partial charge in [-0.05, 0) is 24.3 Å². The summed E-state index contributed by atoms with van der Waals surface area (Å²) in [4.78, 5) is 19.9. The molecule has 0 fully saturated rings. The number of anilines is 1. The minimum atomic E-state index is -4.55. The van der Waals surface area contributed by atoms with Gasteiger partial charge in [0, 0.05) is 31.1 Å². The summed E-state index contributed by atoms with van der Waals surface area (Å²) in [5, 5.41) is 2.53. The van der Waals surface area contributed by atoms with Gasteiger partial charge in [0.05, 0.1) is 30.5 Å². The van der Waals surface area contributed by atoms with E-state index in [4.69, 9.17) is 9.47 Å². The number of rotatable bonds is 7. The van der Waals surface area contributed by atoms with Crippen LogP contribution in [0.3, 0.4) is 0 Å². The SMILES string of the molecule is COCCOc1cc(C(=O)Nc2ccc(C(F)(F)F)nc2)cc(-n2ccnc2)c1. The Hall–Kier alpha value is -3.40. The summed E-state index contributed by atoms with van der Waals surface area (Å²) in [6.45, 7) is 0.655. The summed E-state index contributed by atoms with van der Waals surface area (Å²) < 4.78 is 50.1. The van der Waals surface area contributed by atoms with Crippen molar-refractivity contribution >= 4 is 11.6 Å². The molecule has 1 aromatic carbocycles. The Bertz CT molecular complexity index is 958. The maximum atomic E-state index is 12.6. The first-order chi connectivity index (χ1) is 13.9. The van der Waals surface area contributed by atoms with E-state index in [1.165, 1.54) is 6.07 Å². The molecule has 0 aliphatic carbocycles. The van der Waals surface area contributed by atoms with Crippen molar-refractivity contribution in [2.45, 2.75) is 6.18 Å². The van der Waals surface area contributed by atoms with Crippen LogP contribution in [-0.2, 0) is 10.9 Å². The molecule has 0 atom stereocenters. The van der Waals surface area contributed by atoms with Crippen molar-refractivity contribution in [3.05, 3.63) is 66.5 Å². The summed E-state index contributed by atoms with van der Waals surface area (Å²) in [6.07, 6.45) is 1.27. The molecule has 0 radical (unpaired) electrons. The van der Waals surface area contributed by atoms with Crippen molar-refractivity contribution < 1.29 is 27.4 Å². The molecule has 2 aromatic heterocycles. The molecule has 2 heterocycles. The van der Waals surface area contributed by atoms with E-state index in [9.17, 15) is 18.0 Å². The van der Waals surface area contributed by atoms with Crippen LogP contribution in [0.4, 0.5) is 18.9 Å². The number of hydrogen-bond acceptors (Lipinski definition) is 5. The zero-order valence-corrected chi connectivity index (χ0v) is 15.3. The molecular weight excluding hydrogens is 389 g/mol. The van der Waals surface area contributed by atoms with Crippen LogP contribution in [-0.4, -0.2) is 40.8 Å². The number of hydrogen-bond donors (Lipinski definition) is 1. The van der Waals surface area contributed by atoms with E-state index in [0.717, 1.165) is 18.3 Å². The number of benzene rings is 1. The molecule has 7 nitrogen and oxygen atoms in total. The third-order valence-corrected chi connectivity index (χ3v) is 3.82. The number of nitrogens with zero attached hydrogens (tertiary/aromatic N) is 3.